The molecule has 45 heavy (non-hydrogen) atoms. The van der Waals surface area contributed by atoms with E-state index >= 15 is 0 Å². The number of esters is 2. The number of carboxylic acid groups (broad SMARTS) is 1. The molecule has 3 atom stereocenters. The smallest absolute Gasteiger partial charge is 0.338 e. The molecule has 258 valence electrons. The van der Waals surface area contributed by atoms with Gasteiger partial charge < -0.3 is 46.3 Å². The van der Waals surface area contributed by atoms with Gasteiger partial charge in [-0.3, -0.25) is 29.3 Å². The standard InChI is InChI=1S/C29H52N6O10/c1-8-9-12-43-21(39)11-10-18(34-19(36)13-30)24(40)33-17-29(15-31-16-29)35-22(25(41)32-14-20(37)38)23(44-27(2,3)4)26(42)45-28(5,6)7/h18,22-23,31,35H,8-17,30H2,1-7H3,(H,32,41)(H,33,40)(H,34,36)(H,37,38). The minimum Gasteiger partial charge on any atom is -0.480 e. The fourth-order valence-electron chi connectivity index (χ4n) is 4.15. The van der Waals surface area contributed by atoms with E-state index in [1.54, 1.807) is 41.5 Å². The zero-order valence-electron chi connectivity index (χ0n) is 27.5. The number of carboxylic acids is 1. The summed E-state index contributed by atoms with van der Waals surface area (Å²) in [6, 6.07) is -2.53. The van der Waals surface area contributed by atoms with Gasteiger partial charge >= 0.3 is 17.9 Å². The van der Waals surface area contributed by atoms with E-state index in [-0.39, 0.29) is 45.6 Å². The predicted octanol–water partition coefficient (Wildman–Crippen LogP) is -1.30. The van der Waals surface area contributed by atoms with Crippen molar-refractivity contribution in [3.8, 4) is 0 Å². The first kappa shape index (κ1) is 39.7. The van der Waals surface area contributed by atoms with Crippen LogP contribution in [0.1, 0.15) is 74.1 Å². The van der Waals surface area contributed by atoms with Gasteiger partial charge in [-0.2, -0.15) is 0 Å². The van der Waals surface area contributed by atoms with E-state index in [1.807, 2.05) is 6.92 Å². The molecule has 3 unspecified atom stereocenters. The van der Waals surface area contributed by atoms with E-state index in [0.717, 1.165) is 6.42 Å². The third kappa shape index (κ3) is 15.5. The van der Waals surface area contributed by atoms with E-state index in [0.29, 0.717) is 6.42 Å². The van der Waals surface area contributed by atoms with Gasteiger partial charge in [0.1, 0.15) is 24.2 Å². The lowest BCUT2D eigenvalue weighted by atomic mass is 9.89. The molecule has 0 radical (unpaired) electrons. The molecule has 1 rings (SSSR count). The molecule has 1 aliphatic rings. The monoisotopic (exact) mass is 644 g/mol. The molecule has 1 fully saturated rings. The summed E-state index contributed by atoms with van der Waals surface area (Å²) in [6.45, 7) is 11.6. The van der Waals surface area contributed by atoms with Crippen molar-refractivity contribution in [2.45, 2.75) is 109 Å². The lowest BCUT2D eigenvalue weighted by Crippen LogP contribution is -2.77. The van der Waals surface area contributed by atoms with Crippen LogP contribution in [0, 0.1) is 0 Å². The maximum atomic E-state index is 13.4. The Balaban J connectivity index is 3.22. The molecule has 0 aliphatic carbocycles. The summed E-state index contributed by atoms with van der Waals surface area (Å²) < 4.78 is 16.7. The predicted molar refractivity (Wildman–Crippen MR) is 163 cm³/mol. The Morgan fingerprint density at radius 3 is 2.11 bits per heavy atom. The van der Waals surface area contributed by atoms with Gasteiger partial charge in [0.05, 0.1) is 24.3 Å². The summed E-state index contributed by atoms with van der Waals surface area (Å²) in [6.07, 6.45) is -0.111. The maximum absolute atomic E-state index is 13.4. The van der Waals surface area contributed by atoms with Crippen molar-refractivity contribution < 1.29 is 48.1 Å². The molecule has 0 aromatic rings. The number of hydrogen-bond acceptors (Lipinski definition) is 12. The fraction of sp³-hybridized carbons (Fsp3) is 0.793. The summed E-state index contributed by atoms with van der Waals surface area (Å²) >= 11 is 0. The number of unbranched alkanes of at least 4 members (excludes halogenated alkanes) is 1. The molecule has 16 nitrogen and oxygen atoms in total. The molecule has 1 saturated heterocycles. The zero-order chi connectivity index (χ0) is 34.4. The highest BCUT2D eigenvalue weighted by molar-refractivity contribution is 5.91. The van der Waals surface area contributed by atoms with Crippen LogP contribution < -0.4 is 32.3 Å². The van der Waals surface area contributed by atoms with Gasteiger partial charge in [0.25, 0.3) is 0 Å². The first-order valence-corrected chi connectivity index (χ1v) is 15.1. The van der Waals surface area contributed by atoms with Crippen molar-refractivity contribution >= 4 is 35.6 Å². The lowest BCUT2D eigenvalue weighted by Gasteiger charge is -2.47. The molecule has 0 aromatic heterocycles. The average Bonchev–Trinajstić information content (AvgIpc) is 2.90. The molecule has 0 saturated carbocycles. The highest BCUT2D eigenvalue weighted by atomic mass is 16.6. The number of carbonyl (C=O) groups excluding carboxylic acids is 5. The highest BCUT2D eigenvalue weighted by Gasteiger charge is 2.47. The quantitative estimate of drug-likeness (QED) is 0.0640. The van der Waals surface area contributed by atoms with Gasteiger partial charge in [-0.05, 0) is 54.4 Å². The minimum atomic E-state index is -1.50. The van der Waals surface area contributed by atoms with Crippen molar-refractivity contribution in [2.75, 3.05) is 39.3 Å². The average molecular weight is 645 g/mol. The highest BCUT2D eigenvalue weighted by Crippen LogP contribution is 2.21. The van der Waals surface area contributed by atoms with Gasteiger partial charge in [-0.15, -0.1) is 0 Å². The molecular formula is C29H52N6O10. The van der Waals surface area contributed by atoms with Gasteiger partial charge in [-0.1, -0.05) is 13.3 Å². The normalized spacial score (nSPS) is 16.3. The molecule has 16 heteroatoms. The first-order valence-electron chi connectivity index (χ1n) is 15.1. The summed E-state index contributed by atoms with van der Waals surface area (Å²) in [5, 5.41) is 22.9. The van der Waals surface area contributed by atoms with Crippen LogP contribution in [-0.4, -0.2) is 115 Å². The number of nitrogens with two attached hydrogens (primary N) is 1. The third-order valence-corrected chi connectivity index (χ3v) is 6.34. The Hall–Kier alpha value is -3.34. The number of ether oxygens (including phenoxy) is 3. The molecule has 0 bridgehead atoms. The van der Waals surface area contributed by atoms with Crippen LogP contribution in [-0.2, 0) is 43.0 Å². The topological polar surface area (TPSA) is 237 Å². The SMILES string of the molecule is CCCCOC(=O)CCC(NC(=O)CN)C(=O)NCC1(NC(C(=O)NCC(=O)O)C(OC(C)(C)C)C(=O)OC(C)(C)C)CNC1. The largest absolute Gasteiger partial charge is 0.480 e. The van der Waals surface area contributed by atoms with Crippen LogP contribution in [0.5, 0.6) is 0 Å². The van der Waals surface area contributed by atoms with Crippen molar-refractivity contribution in [2.24, 2.45) is 5.73 Å². The summed E-state index contributed by atoms with van der Waals surface area (Å²) in [4.78, 5) is 75.3. The summed E-state index contributed by atoms with van der Waals surface area (Å²) in [5.41, 5.74) is 2.58. The van der Waals surface area contributed by atoms with Gasteiger partial charge in [0.2, 0.25) is 17.7 Å². The van der Waals surface area contributed by atoms with Gasteiger partial charge in [0, 0.05) is 26.1 Å². The Morgan fingerprint density at radius 2 is 1.62 bits per heavy atom. The maximum Gasteiger partial charge on any atom is 0.338 e. The summed E-state index contributed by atoms with van der Waals surface area (Å²) in [5.74, 6) is -4.67. The van der Waals surface area contributed by atoms with E-state index in [1.165, 1.54) is 0 Å². The molecule has 8 N–H and O–H groups in total. The molecule has 0 spiro atoms. The van der Waals surface area contributed by atoms with Crippen molar-refractivity contribution in [1.82, 2.24) is 26.6 Å². The number of rotatable bonds is 19. The Morgan fingerprint density at radius 1 is 0.978 bits per heavy atom. The number of amides is 3. The third-order valence-electron chi connectivity index (χ3n) is 6.34. The van der Waals surface area contributed by atoms with E-state index < -0.39 is 77.1 Å². The Kier molecular flexibility index (Phi) is 15.8. The van der Waals surface area contributed by atoms with Crippen molar-refractivity contribution in [3.05, 3.63) is 0 Å². The van der Waals surface area contributed by atoms with Crippen LogP contribution in [0.4, 0.5) is 0 Å². The van der Waals surface area contributed by atoms with Crippen molar-refractivity contribution in [3.63, 3.8) is 0 Å². The van der Waals surface area contributed by atoms with E-state index in [9.17, 15) is 28.8 Å². The first-order chi connectivity index (χ1) is 20.8. The van der Waals surface area contributed by atoms with Crippen molar-refractivity contribution in [1.29, 1.82) is 0 Å². The molecule has 1 heterocycles. The Bertz CT molecular complexity index is 1040. The van der Waals surface area contributed by atoms with E-state index in [4.69, 9.17) is 25.1 Å². The van der Waals surface area contributed by atoms with Crippen LogP contribution in [0.25, 0.3) is 0 Å². The van der Waals surface area contributed by atoms with Crippen LogP contribution in [0.2, 0.25) is 0 Å². The van der Waals surface area contributed by atoms with Crippen LogP contribution in [0.15, 0.2) is 0 Å². The van der Waals surface area contributed by atoms with Gasteiger partial charge in [0.15, 0.2) is 6.10 Å². The number of carbonyl (C=O) groups is 6. The number of hydrogen-bond donors (Lipinski definition) is 7. The number of nitrogens with one attached hydrogen (secondary N) is 5. The minimum absolute atomic E-state index is 0.0401. The number of aliphatic carboxylic acids is 1. The fourth-order valence-corrected chi connectivity index (χ4v) is 4.15. The Labute approximate surface area is 264 Å². The summed E-state index contributed by atoms with van der Waals surface area (Å²) in [7, 11) is 0. The molecular weight excluding hydrogens is 592 g/mol. The van der Waals surface area contributed by atoms with E-state index in [2.05, 4.69) is 26.6 Å². The van der Waals surface area contributed by atoms with Gasteiger partial charge in [-0.25, -0.2) is 4.79 Å². The second-order valence-corrected chi connectivity index (χ2v) is 13.0. The second-order valence-electron chi connectivity index (χ2n) is 13.0. The second kappa shape index (κ2) is 18.0. The molecule has 0 aromatic carbocycles. The molecule has 3 amide bonds. The molecule has 1 aliphatic heterocycles. The zero-order valence-corrected chi connectivity index (χ0v) is 27.5. The van der Waals surface area contributed by atoms with Crippen LogP contribution in [0.3, 0.4) is 0 Å². The van der Waals surface area contributed by atoms with Crippen LogP contribution >= 0.6 is 0 Å². The lowest BCUT2D eigenvalue weighted by molar-refractivity contribution is -0.182.